The van der Waals surface area contributed by atoms with Crippen molar-refractivity contribution >= 4 is 5.78 Å². The standard InChI is InChI=1S/C12H18N2O2/c1-4-6-11(15)7-10-8-12(16-5-2)14-9(3)13-10/h8H,4-7H2,1-3H3. The molecule has 0 saturated carbocycles. The van der Waals surface area contributed by atoms with Crippen molar-refractivity contribution in [1.82, 2.24) is 9.97 Å². The minimum Gasteiger partial charge on any atom is -0.478 e. The van der Waals surface area contributed by atoms with Crippen LogP contribution in [0.4, 0.5) is 0 Å². The third-order valence-corrected chi connectivity index (χ3v) is 2.07. The molecule has 1 aromatic heterocycles. The third kappa shape index (κ3) is 3.96. The highest BCUT2D eigenvalue weighted by Gasteiger charge is 2.07. The first-order valence-corrected chi connectivity index (χ1v) is 5.64. The molecule has 0 radical (unpaired) electrons. The van der Waals surface area contributed by atoms with Crippen molar-refractivity contribution in [3.05, 3.63) is 17.6 Å². The van der Waals surface area contributed by atoms with Crippen LogP contribution in [0.1, 0.15) is 38.2 Å². The van der Waals surface area contributed by atoms with Crippen LogP contribution in [0, 0.1) is 6.92 Å². The van der Waals surface area contributed by atoms with Crippen LogP contribution in [0.15, 0.2) is 6.07 Å². The molecule has 0 saturated heterocycles. The Morgan fingerprint density at radius 1 is 1.38 bits per heavy atom. The van der Waals surface area contributed by atoms with Gasteiger partial charge < -0.3 is 4.74 Å². The fourth-order valence-electron chi connectivity index (χ4n) is 1.48. The van der Waals surface area contributed by atoms with Gasteiger partial charge in [-0.25, -0.2) is 4.98 Å². The zero-order valence-corrected chi connectivity index (χ0v) is 10.1. The van der Waals surface area contributed by atoms with E-state index < -0.39 is 0 Å². The van der Waals surface area contributed by atoms with Gasteiger partial charge in [-0.05, 0) is 20.3 Å². The molecule has 0 atom stereocenters. The number of hydrogen-bond acceptors (Lipinski definition) is 4. The van der Waals surface area contributed by atoms with E-state index in [4.69, 9.17) is 4.74 Å². The van der Waals surface area contributed by atoms with E-state index in [-0.39, 0.29) is 5.78 Å². The van der Waals surface area contributed by atoms with Gasteiger partial charge in [0.25, 0.3) is 0 Å². The maximum Gasteiger partial charge on any atom is 0.216 e. The molecule has 0 aliphatic carbocycles. The van der Waals surface area contributed by atoms with Gasteiger partial charge in [-0.2, -0.15) is 4.98 Å². The smallest absolute Gasteiger partial charge is 0.216 e. The molecule has 0 spiro atoms. The molecule has 4 heteroatoms. The van der Waals surface area contributed by atoms with E-state index in [2.05, 4.69) is 9.97 Å². The summed E-state index contributed by atoms with van der Waals surface area (Å²) in [5, 5.41) is 0. The van der Waals surface area contributed by atoms with Crippen LogP contribution in [-0.2, 0) is 11.2 Å². The molecule has 1 aromatic rings. The third-order valence-electron chi connectivity index (χ3n) is 2.07. The van der Waals surface area contributed by atoms with Crippen molar-refractivity contribution in [2.45, 2.75) is 40.0 Å². The van der Waals surface area contributed by atoms with Crippen LogP contribution in [0.2, 0.25) is 0 Å². The molecule has 0 N–H and O–H groups in total. The fraction of sp³-hybridized carbons (Fsp3) is 0.583. The molecule has 88 valence electrons. The monoisotopic (exact) mass is 222 g/mol. The molecule has 0 unspecified atom stereocenters. The van der Waals surface area contributed by atoms with Crippen LogP contribution in [0.25, 0.3) is 0 Å². The van der Waals surface area contributed by atoms with Gasteiger partial charge >= 0.3 is 0 Å². The second-order valence-electron chi connectivity index (χ2n) is 3.64. The number of hydrogen-bond donors (Lipinski definition) is 0. The minimum absolute atomic E-state index is 0.211. The highest BCUT2D eigenvalue weighted by atomic mass is 16.5. The van der Waals surface area contributed by atoms with Crippen LogP contribution in [-0.4, -0.2) is 22.4 Å². The second-order valence-corrected chi connectivity index (χ2v) is 3.64. The Balaban J connectivity index is 2.75. The Morgan fingerprint density at radius 2 is 2.12 bits per heavy atom. The predicted octanol–water partition coefficient (Wildman–Crippen LogP) is 2.10. The number of rotatable bonds is 6. The van der Waals surface area contributed by atoms with Crippen molar-refractivity contribution in [2.75, 3.05) is 6.61 Å². The zero-order valence-electron chi connectivity index (χ0n) is 10.1. The molecule has 0 aliphatic rings. The van der Waals surface area contributed by atoms with E-state index in [0.717, 1.165) is 12.1 Å². The largest absolute Gasteiger partial charge is 0.478 e. The van der Waals surface area contributed by atoms with Gasteiger partial charge in [-0.3, -0.25) is 4.79 Å². The number of carbonyl (C=O) groups is 1. The Labute approximate surface area is 96.1 Å². The summed E-state index contributed by atoms with van der Waals surface area (Å²) in [6.45, 7) is 6.27. The number of ketones is 1. The summed E-state index contributed by atoms with van der Waals surface area (Å²) in [7, 11) is 0. The van der Waals surface area contributed by atoms with Crippen molar-refractivity contribution in [1.29, 1.82) is 0 Å². The van der Waals surface area contributed by atoms with Gasteiger partial charge in [-0.1, -0.05) is 6.92 Å². The van der Waals surface area contributed by atoms with Crippen LogP contribution in [0.5, 0.6) is 5.88 Å². The number of aromatic nitrogens is 2. The molecule has 4 nitrogen and oxygen atoms in total. The maximum absolute atomic E-state index is 11.5. The fourth-order valence-corrected chi connectivity index (χ4v) is 1.48. The van der Waals surface area contributed by atoms with E-state index in [9.17, 15) is 4.79 Å². The summed E-state index contributed by atoms with van der Waals surface area (Å²) in [6.07, 6.45) is 1.85. The Kier molecular flexibility index (Phi) is 4.89. The van der Waals surface area contributed by atoms with Crippen LogP contribution in [0.3, 0.4) is 0 Å². The summed E-state index contributed by atoms with van der Waals surface area (Å²) >= 11 is 0. The van der Waals surface area contributed by atoms with Crippen molar-refractivity contribution < 1.29 is 9.53 Å². The highest BCUT2D eigenvalue weighted by molar-refractivity contribution is 5.80. The average molecular weight is 222 g/mol. The molecule has 0 bridgehead atoms. The zero-order chi connectivity index (χ0) is 12.0. The van der Waals surface area contributed by atoms with E-state index in [1.807, 2.05) is 13.8 Å². The summed E-state index contributed by atoms with van der Waals surface area (Å²) in [5.74, 6) is 1.41. The first kappa shape index (κ1) is 12.6. The van der Waals surface area contributed by atoms with Gasteiger partial charge in [0.2, 0.25) is 5.88 Å². The van der Waals surface area contributed by atoms with E-state index in [0.29, 0.717) is 31.2 Å². The lowest BCUT2D eigenvalue weighted by Crippen LogP contribution is -2.06. The summed E-state index contributed by atoms with van der Waals surface area (Å²) in [4.78, 5) is 19.9. The summed E-state index contributed by atoms with van der Waals surface area (Å²) in [5.41, 5.74) is 0.745. The molecule has 0 fully saturated rings. The van der Waals surface area contributed by atoms with Crippen LogP contribution >= 0.6 is 0 Å². The number of ether oxygens (including phenoxy) is 1. The van der Waals surface area contributed by atoms with Crippen molar-refractivity contribution in [2.24, 2.45) is 0 Å². The second kappa shape index (κ2) is 6.20. The van der Waals surface area contributed by atoms with E-state index in [1.165, 1.54) is 0 Å². The quantitative estimate of drug-likeness (QED) is 0.739. The Hall–Kier alpha value is -1.45. The lowest BCUT2D eigenvalue weighted by atomic mass is 10.1. The molecular weight excluding hydrogens is 204 g/mol. The van der Waals surface area contributed by atoms with Crippen molar-refractivity contribution in [3.8, 4) is 5.88 Å². The predicted molar refractivity (Wildman–Crippen MR) is 61.6 cm³/mol. The number of Topliss-reactive ketones (excluding diaryl/α,β-unsaturated/α-hetero) is 1. The van der Waals surface area contributed by atoms with E-state index in [1.54, 1.807) is 13.0 Å². The first-order valence-electron chi connectivity index (χ1n) is 5.64. The van der Waals surface area contributed by atoms with Crippen LogP contribution < -0.4 is 4.74 Å². The Bertz CT molecular complexity index is 364. The van der Waals surface area contributed by atoms with Gasteiger partial charge in [0.15, 0.2) is 0 Å². The normalized spacial score (nSPS) is 10.2. The first-order chi connectivity index (χ1) is 7.65. The number of aryl methyl sites for hydroxylation is 1. The van der Waals surface area contributed by atoms with Gasteiger partial charge in [-0.15, -0.1) is 0 Å². The van der Waals surface area contributed by atoms with Gasteiger partial charge in [0, 0.05) is 18.9 Å². The molecule has 0 amide bonds. The molecule has 0 aromatic carbocycles. The van der Waals surface area contributed by atoms with Gasteiger partial charge in [0.1, 0.15) is 11.6 Å². The lowest BCUT2D eigenvalue weighted by molar-refractivity contribution is -0.118. The lowest BCUT2D eigenvalue weighted by Gasteiger charge is -2.05. The Morgan fingerprint density at radius 3 is 2.75 bits per heavy atom. The molecule has 16 heavy (non-hydrogen) atoms. The summed E-state index contributed by atoms with van der Waals surface area (Å²) in [6, 6.07) is 1.74. The maximum atomic E-state index is 11.5. The van der Waals surface area contributed by atoms with Gasteiger partial charge in [0.05, 0.1) is 12.3 Å². The molecule has 1 heterocycles. The highest BCUT2D eigenvalue weighted by Crippen LogP contribution is 2.10. The molecule has 0 aliphatic heterocycles. The summed E-state index contributed by atoms with van der Waals surface area (Å²) < 4.78 is 5.31. The van der Waals surface area contributed by atoms with Crippen molar-refractivity contribution in [3.63, 3.8) is 0 Å². The SMILES string of the molecule is CCCC(=O)Cc1cc(OCC)nc(C)n1. The molecule has 1 rings (SSSR count). The minimum atomic E-state index is 0.211. The average Bonchev–Trinajstić information content (AvgIpc) is 2.17. The topological polar surface area (TPSA) is 52.1 Å². The number of nitrogens with zero attached hydrogens (tertiary/aromatic N) is 2. The molecular formula is C12H18N2O2. The number of carbonyl (C=O) groups excluding carboxylic acids is 1. The van der Waals surface area contributed by atoms with E-state index >= 15 is 0 Å².